The van der Waals surface area contributed by atoms with Crippen molar-refractivity contribution in [3.05, 3.63) is 124 Å². The third-order valence-electron chi connectivity index (χ3n) is 7.95. The molecule has 1 spiro atoms. The molecule has 3 aliphatic rings. The smallest absolute Gasteiger partial charge is 0.0757 e. The highest BCUT2D eigenvalue weighted by Gasteiger charge is 2.52. The number of hydrogen-bond donors (Lipinski definition) is 0. The lowest BCUT2D eigenvalue weighted by molar-refractivity contribution is 0.681. The molecule has 34 heavy (non-hydrogen) atoms. The highest BCUT2D eigenvalue weighted by atomic mass is 15.0. The van der Waals surface area contributed by atoms with E-state index in [2.05, 4.69) is 115 Å². The molecule has 0 radical (unpaired) electrons. The number of aromatic nitrogens is 1. The molecule has 2 heterocycles. The molecule has 162 valence electrons. The number of allylic oxidation sites excluding steroid dienone is 8. The number of para-hydroxylation sites is 3. The van der Waals surface area contributed by atoms with Gasteiger partial charge in [0.1, 0.15) is 0 Å². The van der Waals surface area contributed by atoms with Crippen LogP contribution in [0.5, 0.6) is 0 Å². The Hall–Kier alpha value is -4.02. The summed E-state index contributed by atoms with van der Waals surface area (Å²) in [6.07, 6.45) is 16.4. The Bertz CT molecular complexity index is 1710. The van der Waals surface area contributed by atoms with E-state index in [1.807, 2.05) is 0 Å². The summed E-state index contributed by atoms with van der Waals surface area (Å²) in [4.78, 5) is 0. The SMILES string of the molecule is C#CC1=C(/C=C\C)C2(C3=C1CC(C)C=C3)c1ccccc1-n1c3ccccc3c3cccc2c31. The standard InChI is InChI=1S/C33H25N/c1-4-11-26-22(5-2)25-20-21(3)18-19-27(25)33(26)28-14-7-9-17-31(28)34-30-16-8-6-12-23(30)24-13-10-15-29(33)32(24)34/h2,4,6-19,21H,20H2,1,3H3/b11-4-. The molecule has 0 fully saturated rings. The van der Waals surface area contributed by atoms with Gasteiger partial charge < -0.3 is 4.57 Å². The molecule has 0 amide bonds. The average Bonchev–Trinajstić information content (AvgIpc) is 3.34. The van der Waals surface area contributed by atoms with Crippen molar-refractivity contribution in [1.82, 2.24) is 4.57 Å². The van der Waals surface area contributed by atoms with Crippen LogP contribution >= 0.6 is 0 Å². The summed E-state index contributed by atoms with van der Waals surface area (Å²) in [7, 11) is 0. The molecule has 2 aliphatic carbocycles. The first kappa shape index (κ1) is 19.4. The van der Waals surface area contributed by atoms with Gasteiger partial charge >= 0.3 is 0 Å². The van der Waals surface area contributed by atoms with Crippen molar-refractivity contribution < 1.29 is 0 Å². The van der Waals surface area contributed by atoms with E-state index in [1.165, 1.54) is 55.3 Å². The summed E-state index contributed by atoms with van der Waals surface area (Å²) >= 11 is 0. The van der Waals surface area contributed by atoms with Crippen molar-refractivity contribution in [2.45, 2.75) is 25.7 Å². The molecule has 0 N–H and O–H groups in total. The van der Waals surface area contributed by atoms with Gasteiger partial charge in [-0.3, -0.25) is 0 Å². The van der Waals surface area contributed by atoms with E-state index >= 15 is 0 Å². The Morgan fingerprint density at radius 1 is 0.971 bits per heavy atom. The predicted octanol–water partition coefficient (Wildman–Crippen LogP) is 7.80. The molecule has 2 unspecified atom stereocenters. The van der Waals surface area contributed by atoms with E-state index in [0.717, 1.165) is 12.0 Å². The fourth-order valence-electron chi connectivity index (χ4n) is 6.77. The highest BCUT2D eigenvalue weighted by Crippen LogP contribution is 2.61. The minimum Gasteiger partial charge on any atom is -0.309 e. The largest absolute Gasteiger partial charge is 0.309 e. The molecule has 1 aliphatic heterocycles. The fourth-order valence-corrected chi connectivity index (χ4v) is 6.77. The summed E-state index contributed by atoms with van der Waals surface area (Å²) in [5.41, 5.74) is 11.0. The van der Waals surface area contributed by atoms with Crippen LogP contribution in [0.2, 0.25) is 0 Å². The van der Waals surface area contributed by atoms with Crippen LogP contribution in [0.1, 0.15) is 31.4 Å². The average molecular weight is 436 g/mol. The molecule has 0 bridgehead atoms. The molecule has 3 aromatic carbocycles. The first-order chi connectivity index (χ1) is 16.7. The van der Waals surface area contributed by atoms with Crippen LogP contribution in [0, 0.1) is 18.3 Å². The van der Waals surface area contributed by atoms with Gasteiger partial charge in [0.15, 0.2) is 0 Å². The summed E-state index contributed by atoms with van der Waals surface area (Å²) in [6, 6.07) is 24.5. The summed E-state index contributed by atoms with van der Waals surface area (Å²) in [5.74, 6) is 3.61. The second kappa shape index (κ2) is 6.75. The van der Waals surface area contributed by atoms with Crippen LogP contribution in [0.4, 0.5) is 0 Å². The number of fused-ring (bicyclic) bond motifs is 8. The lowest BCUT2D eigenvalue weighted by Gasteiger charge is -2.41. The molecule has 7 rings (SSSR count). The van der Waals surface area contributed by atoms with Gasteiger partial charge in [-0.25, -0.2) is 0 Å². The maximum absolute atomic E-state index is 6.26. The molecule has 0 saturated carbocycles. The fraction of sp³-hybridized carbons (Fsp3) is 0.152. The normalized spacial score (nSPS) is 22.8. The minimum absolute atomic E-state index is 0.416. The lowest BCUT2D eigenvalue weighted by atomic mass is 9.63. The van der Waals surface area contributed by atoms with Gasteiger partial charge in [0.2, 0.25) is 0 Å². The van der Waals surface area contributed by atoms with Crippen LogP contribution in [-0.4, -0.2) is 4.57 Å². The van der Waals surface area contributed by atoms with E-state index in [1.54, 1.807) is 0 Å². The first-order valence-corrected chi connectivity index (χ1v) is 12.1. The zero-order valence-electron chi connectivity index (χ0n) is 19.5. The number of benzene rings is 3. The molecule has 4 aromatic rings. The third kappa shape index (κ3) is 2.12. The van der Waals surface area contributed by atoms with Crippen molar-refractivity contribution in [2.24, 2.45) is 5.92 Å². The van der Waals surface area contributed by atoms with E-state index in [0.29, 0.717) is 5.92 Å². The van der Waals surface area contributed by atoms with Crippen molar-refractivity contribution in [1.29, 1.82) is 0 Å². The van der Waals surface area contributed by atoms with Gasteiger partial charge in [-0.1, -0.05) is 91.7 Å². The van der Waals surface area contributed by atoms with Gasteiger partial charge in [0, 0.05) is 16.3 Å². The molecular formula is C33H25N. The number of hydrogen-bond acceptors (Lipinski definition) is 0. The van der Waals surface area contributed by atoms with E-state index < -0.39 is 5.41 Å². The molecule has 0 saturated heterocycles. The second-order valence-corrected chi connectivity index (χ2v) is 9.69. The van der Waals surface area contributed by atoms with Crippen LogP contribution in [0.15, 0.2) is 113 Å². The van der Waals surface area contributed by atoms with Gasteiger partial charge in [-0.2, -0.15) is 0 Å². The predicted molar refractivity (Wildman–Crippen MR) is 142 cm³/mol. The summed E-state index contributed by atoms with van der Waals surface area (Å²) < 4.78 is 2.47. The van der Waals surface area contributed by atoms with E-state index in [4.69, 9.17) is 6.42 Å². The van der Waals surface area contributed by atoms with Gasteiger partial charge in [0.25, 0.3) is 0 Å². The Kier molecular flexibility index (Phi) is 3.86. The van der Waals surface area contributed by atoms with E-state index in [9.17, 15) is 0 Å². The second-order valence-electron chi connectivity index (χ2n) is 9.69. The van der Waals surface area contributed by atoms with Gasteiger partial charge in [-0.15, -0.1) is 6.42 Å². The summed E-state index contributed by atoms with van der Waals surface area (Å²) in [6.45, 7) is 4.37. The van der Waals surface area contributed by atoms with Crippen molar-refractivity contribution in [3.63, 3.8) is 0 Å². The minimum atomic E-state index is -0.416. The molecule has 1 aromatic heterocycles. The number of nitrogens with zero attached hydrogens (tertiary/aromatic N) is 1. The number of rotatable bonds is 1. The molecule has 1 heteroatoms. The highest BCUT2D eigenvalue weighted by molar-refractivity contribution is 6.12. The molecular weight excluding hydrogens is 410 g/mol. The van der Waals surface area contributed by atoms with Crippen LogP contribution in [-0.2, 0) is 5.41 Å². The van der Waals surface area contributed by atoms with E-state index in [-0.39, 0.29) is 0 Å². The van der Waals surface area contributed by atoms with Crippen LogP contribution < -0.4 is 0 Å². The Morgan fingerprint density at radius 3 is 2.59 bits per heavy atom. The van der Waals surface area contributed by atoms with Crippen LogP contribution in [0.3, 0.4) is 0 Å². The van der Waals surface area contributed by atoms with Crippen molar-refractivity contribution in [3.8, 4) is 18.0 Å². The lowest BCUT2D eigenvalue weighted by Crippen LogP contribution is -2.35. The quantitative estimate of drug-likeness (QED) is 0.269. The monoisotopic (exact) mass is 435 g/mol. The Labute approximate surface area is 200 Å². The maximum Gasteiger partial charge on any atom is 0.0757 e. The third-order valence-corrected chi connectivity index (χ3v) is 7.95. The Balaban J connectivity index is 1.77. The zero-order chi connectivity index (χ0) is 23.0. The van der Waals surface area contributed by atoms with Crippen molar-refractivity contribution >= 4 is 21.8 Å². The van der Waals surface area contributed by atoms with Gasteiger partial charge in [0.05, 0.1) is 22.1 Å². The van der Waals surface area contributed by atoms with Crippen LogP contribution in [0.25, 0.3) is 27.5 Å². The van der Waals surface area contributed by atoms with Crippen molar-refractivity contribution in [2.75, 3.05) is 0 Å². The first-order valence-electron chi connectivity index (χ1n) is 12.1. The zero-order valence-corrected chi connectivity index (χ0v) is 19.5. The summed E-state index contributed by atoms with van der Waals surface area (Å²) in [5, 5.41) is 2.59. The Morgan fingerprint density at radius 2 is 1.74 bits per heavy atom. The maximum atomic E-state index is 6.26. The molecule has 1 nitrogen and oxygen atoms in total. The number of terminal acetylenes is 1. The molecule has 2 atom stereocenters. The van der Waals surface area contributed by atoms with Gasteiger partial charge in [-0.05, 0) is 59.2 Å². The topological polar surface area (TPSA) is 4.93 Å².